The lowest BCUT2D eigenvalue weighted by atomic mass is 9.87. The van der Waals surface area contributed by atoms with E-state index in [-0.39, 0.29) is 11.5 Å². The average Bonchev–Trinajstić information content (AvgIpc) is 3.08. The monoisotopic (exact) mass is 428 g/mol. The minimum Gasteiger partial charge on any atom is -0.374 e. The molecule has 1 atom stereocenters. The van der Waals surface area contributed by atoms with E-state index in [1.54, 1.807) is 0 Å². The standard InChI is InChI=1S/C30H40N2/c1-21(24(4)31-19-22(2)30(5,6)7)20-32(8)23(3)17-18-29-27-15-11-9-13-25(27)26-14-10-12-16-28(26)29/h9-16,24,29,31H,1-3,17-20H2,4-8H3. The van der Waals surface area contributed by atoms with Gasteiger partial charge >= 0.3 is 0 Å². The van der Waals surface area contributed by atoms with Crippen molar-refractivity contribution in [3.8, 4) is 11.1 Å². The summed E-state index contributed by atoms with van der Waals surface area (Å²) in [6.07, 6.45) is 2.04. The number of hydrogen-bond acceptors (Lipinski definition) is 2. The molecule has 0 aromatic heterocycles. The zero-order valence-electron chi connectivity index (χ0n) is 20.7. The zero-order chi connectivity index (χ0) is 23.5. The third kappa shape index (κ3) is 5.42. The SMILES string of the molecule is C=C(CN(C)C(=C)CCC1c2ccccc2-c2ccccc21)C(C)NCC(=C)C(C)(C)C. The molecule has 0 heterocycles. The molecule has 0 amide bonds. The van der Waals surface area contributed by atoms with Crippen molar-refractivity contribution >= 4 is 0 Å². The molecule has 0 saturated heterocycles. The van der Waals surface area contributed by atoms with Gasteiger partial charge in [-0.2, -0.15) is 0 Å². The highest BCUT2D eigenvalue weighted by Gasteiger charge is 2.27. The number of benzene rings is 2. The molecule has 2 aromatic carbocycles. The second kappa shape index (κ2) is 9.92. The Morgan fingerprint density at radius 2 is 1.50 bits per heavy atom. The topological polar surface area (TPSA) is 15.3 Å². The summed E-state index contributed by atoms with van der Waals surface area (Å²) in [5, 5.41) is 3.58. The predicted molar refractivity (Wildman–Crippen MR) is 140 cm³/mol. The van der Waals surface area contributed by atoms with Crippen molar-refractivity contribution in [3.05, 3.63) is 96.2 Å². The molecule has 0 radical (unpaired) electrons. The van der Waals surface area contributed by atoms with Crippen LogP contribution in [0.2, 0.25) is 0 Å². The van der Waals surface area contributed by atoms with E-state index in [1.165, 1.54) is 39.1 Å². The predicted octanol–water partition coefficient (Wildman–Crippen LogP) is 7.16. The number of likely N-dealkylation sites (N-methyl/N-ethyl adjacent to an activating group) is 1. The molecule has 2 aromatic rings. The van der Waals surface area contributed by atoms with Crippen molar-refractivity contribution in [1.29, 1.82) is 0 Å². The Hall–Kier alpha value is -2.58. The lowest BCUT2D eigenvalue weighted by Crippen LogP contribution is -2.35. The summed E-state index contributed by atoms with van der Waals surface area (Å²) >= 11 is 0. The van der Waals surface area contributed by atoms with Crippen LogP contribution in [0.4, 0.5) is 0 Å². The molecule has 3 rings (SSSR count). The third-order valence-electron chi connectivity index (χ3n) is 6.96. The van der Waals surface area contributed by atoms with Gasteiger partial charge in [0.1, 0.15) is 0 Å². The van der Waals surface area contributed by atoms with E-state index in [2.05, 4.69) is 113 Å². The first kappa shape index (κ1) is 24.1. The van der Waals surface area contributed by atoms with E-state index in [0.717, 1.165) is 25.9 Å². The third-order valence-corrected chi connectivity index (χ3v) is 6.96. The molecule has 2 nitrogen and oxygen atoms in total. The Kier molecular flexibility index (Phi) is 7.46. The molecular weight excluding hydrogens is 388 g/mol. The van der Waals surface area contributed by atoms with E-state index >= 15 is 0 Å². The van der Waals surface area contributed by atoms with Crippen LogP contribution in [0.3, 0.4) is 0 Å². The summed E-state index contributed by atoms with van der Waals surface area (Å²) in [4.78, 5) is 2.26. The van der Waals surface area contributed by atoms with E-state index in [9.17, 15) is 0 Å². The van der Waals surface area contributed by atoms with Gasteiger partial charge in [-0.25, -0.2) is 0 Å². The molecular formula is C30H40N2. The summed E-state index contributed by atoms with van der Waals surface area (Å²) in [5.41, 5.74) is 9.35. The number of fused-ring (bicyclic) bond motifs is 3. The Bertz CT molecular complexity index is 946. The van der Waals surface area contributed by atoms with Gasteiger partial charge in [-0.3, -0.25) is 0 Å². The molecule has 1 aliphatic carbocycles. The highest BCUT2D eigenvalue weighted by Crippen LogP contribution is 2.46. The van der Waals surface area contributed by atoms with E-state index in [4.69, 9.17) is 0 Å². The second-order valence-electron chi connectivity index (χ2n) is 10.3. The maximum Gasteiger partial charge on any atom is 0.0394 e. The van der Waals surface area contributed by atoms with E-state index in [1.807, 2.05) is 0 Å². The Balaban J connectivity index is 1.54. The molecule has 32 heavy (non-hydrogen) atoms. The Morgan fingerprint density at radius 1 is 0.969 bits per heavy atom. The maximum absolute atomic E-state index is 4.40. The Labute approximate surface area is 195 Å². The van der Waals surface area contributed by atoms with Crippen LogP contribution < -0.4 is 5.32 Å². The van der Waals surface area contributed by atoms with Crippen LogP contribution in [0.1, 0.15) is 57.6 Å². The highest BCUT2D eigenvalue weighted by atomic mass is 15.1. The molecule has 170 valence electrons. The van der Waals surface area contributed by atoms with Gasteiger partial charge in [-0.15, -0.1) is 0 Å². The number of rotatable bonds is 10. The van der Waals surface area contributed by atoms with Gasteiger partial charge in [0.25, 0.3) is 0 Å². The number of hydrogen-bond donors (Lipinski definition) is 1. The summed E-state index contributed by atoms with van der Waals surface area (Å²) in [7, 11) is 2.13. The zero-order valence-corrected chi connectivity index (χ0v) is 20.7. The van der Waals surface area contributed by atoms with Gasteiger partial charge in [0, 0.05) is 37.8 Å². The maximum atomic E-state index is 4.40. The van der Waals surface area contributed by atoms with Crippen molar-refractivity contribution in [3.63, 3.8) is 0 Å². The molecule has 1 unspecified atom stereocenters. The molecule has 0 aliphatic heterocycles. The minimum atomic E-state index is 0.122. The van der Waals surface area contributed by atoms with E-state index in [0.29, 0.717) is 5.92 Å². The molecule has 2 heteroatoms. The van der Waals surface area contributed by atoms with Crippen LogP contribution in [-0.2, 0) is 0 Å². The van der Waals surface area contributed by atoms with Gasteiger partial charge in [-0.1, -0.05) is 94.6 Å². The van der Waals surface area contributed by atoms with Gasteiger partial charge in [0.05, 0.1) is 0 Å². The molecule has 1 aliphatic rings. The fourth-order valence-electron chi connectivity index (χ4n) is 4.31. The summed E-state index contributed by atoms with van der Waals surface area (Å²) in [6.45, 7) is 23.4. The van der Waals surface area contributed by atoms with Gasteiger partial charge in [0.2, 0.25) is 0 Å². The first-order chi connectivity index (χ1) is 15.1. The molecule has 0 fully saturated rings. The van der Waals surface area contributed by atoms with Crippen LogP contribution in [0, 0.1) is 5.41 Å². The summed E-state index contributed by atoms with van der Waals surface area (Å²) < 4.78 is 0. The van der Waals surface area contributed by atoms with Crippen LogP contribution in [0.15, 0.2) is 85.1 Å². The van der Waals surface area contributed by atoms with Gasteiger partial charge < -0.3 is 10.2 Å². The Morgan fingerprint density at radius 3 is 2.03 bits per heavy atom. The largest absolute Gasteiger partial charge is 0.374 e. The van der Waals surface area contributed by atoms with Crippen LogP contribution in [0.25, 0.3) is 11.1 Å². The summed E-state index contributed by atoms with van der Waals surface area (Å²) in [6, 6.07) is 17.9. The number of nitrogens with one attached hydrogen (secondary N) is 1. The van der Waals surface area contributed by atoms with Gasteiger partial charge in [0.15, 0.2) is 0 Å². The van der Waals surface area contributed by atoms with Crippen molar-refractivity contribution in [1.82, 2.24) is 10.2 Å². The minimum absolute atomic E-state index is 0.122. The molecule has 0 saturated carbocycles. The first-order valence-electron chi connectivity index (χ1n) is 11.8. The fraction of sp³-hybridized carbons (Fsp3) is 0.400. The number of nitrogens with zero attached hydrogens (tertiary/aromatic N) is 1. The second-order valence-corrected chi connectivity index (χ2v) is 10.3. The smallest absolute Gasteiger partial charge is 0.0394 e. The quantitative estimate of drug-likeness (QED) is 0.404. The molecule has 0 bridgehead atoms. The van der Waals surface area contributed by atoms with Crippen molar-refractivity contribution in [2.24, 2.45) is 5.41 Å². The van der Waals surface area contributed by atoms with Crippen LogP contribution in [-0.4, -0.2) is 31.1 Å². The van der Waals surface area contributed by atoms with Crippen molar-refractivity contribution < 1.29 is 0 Å². The fourth-order valence-corrected chi connectivity index (χ4v) is 4.31. The lowest BCUT2D eigenvalue weighted by Gasteiger charge is -2.28. The molecule has 0 spiro atoms. The first-order valence-corrected chi connectivity index (χ1v) is 11.8. The normalized spacial score (nSPS) is 13.9. The molecule has 1 N–H and O–H groups in total. The van der Waals surface area contributed by atoms with Crippen LogP contribution in [0.5, 0.6) is 0 Å². The highest BCUT2D eigenvalue weighted by molar-refractivity contribution is 5.78. The lowest BCUT2D eigenvalue weighted by molar-refractivity contribution is 0.411. The van der Waals surface area contributed by atoms with Crippen LogP contribution >= 0.6 is 0 Å². The average molecular weight is 429 g/mol. The summed E-state index contributed by atoms with van der Waals surface area (Å²) in [5.74, 6) is 0.444. The number of allylic oxidation sites excluding steroid dienone is 1. The van der Waals surface area contributed by atoms with Crippen molar-refractivity contribution in [2.45, 2.75) is 52.5 Å². The van der Waals surface area contributed by atoms with Gasteiger partial charge in [-0.05, 0) is 53.0 Å². The van der Waals surface area contributed by atoms with E-state index < -0.39 is 0 Å². The van der Waals surface area contributed by atoms with Crippen molar-refractivity contribution in [2.75, 3.05) is 20.1 Å².